The Morgan fingerprint density at radius 1 is 0.241 bits per heavy atom. The third kappa shape index (κ3) is 20.3. The molecule has 31 N–H and O–H groups in total. The maximum atomic E-state index is 13.1. The molecular formula is C64H108N2O50. The zero-order valence-electron chi connectivity index (χ0n) is 61.8. The Morgan fingerprint density at radius 3 is 0.948 bits per heavy atom. The molecule has 50 atom stereocenters. The van der Waals surface area contributed by atoms with Crippen LogP contribution >= 0.6 is 0 Å². The number of carbonyl (C=O) groups is 2. The summed E-state index contributed by atoms with van der Waals surface area (Å²) in [6, 6.07) is -3.71. The van der Waals surface area contributed by atoms with Gasteiger partial charge in [0.25, 0.3) is 0 Å². The molecule has 0 spiro atoms. The third-order valence-corrected chi connectivity index (χ3v) is 21.6. The van der Waals surface area contributed by atoms with Crippen LogP contribution in [0, 0.1) is 0 Å². The van der Waals surface area contributed by atoms with Gasteiger partial charge in [-0.05, 0) is 6.92 Å². The molecule has 10 aliphatic rings. The van der Waals surface area contributed by atoms with E-state index in [1.807, 2.05) is 0 Å². The molecule has 52 heteroatoms. The predicted molar refractivity (Wildman–Crippen MR) is 351 cm³/mol. The van der Waals surface area contributed by atoms with Crippen molar-refractivity contribution in [2.24, 2.45) is 0 Å². The van der Waals surface area contributed by atoms with Gasteiger partial charge in [0.2, 0.25) is 11.8 Å². The summed E-state index contributed by atoms with van der Waals surface area (Å²) in [4.78, 5) is 25.5. The van der Waals surface area contributed by atoms with Crippen molar-refractivity contribution in [3.8, 4) is 0 Å². The molecule has 0 radical (unpaired) electrons. The molecule has 116 heavy (non-hydrogen) atoms. The van der Waals surface area contributed by atoms with E-state index in [0.29, 0.717) is 0 Å². The molecule has 10 heterocycles. The quantitative estimate of drug-likeness (QED) is 0.0331. The first-order chi connectivity index (χ1) is 54.9. The molecule has 674 valence electrons. The van der Waals surface area contributed by atoms with Crippen LogP contribution in [0.5, 0.6) is 0 Å². The second-order valence-electron chi connectivity index (χ2n) is 29.5. The van der Waals surface area contributed by atoms with Crippen LogP contribution in [0.3, 0.4) is 0 Å². The summed E-state index contributed by atoms with van der Waals surface area (Å²) in [6.45, 7) is -6.55. The Kier molecular flexibility index (Phi) is 33.8. The summed E-state index contributed by atoms with van der Waals surface area (Å²) in [7, 11) is 0. The van der Waals surface area contributed by atoms with Gasteiger partial charge in [-0.1, -0.05) is 0 Å². The van der Waals surface area contributed by atoms with Crippen molar-refractivity contribution in [2.75, 3.05) is 59.5 Å². The fourth-order valence-electron chi connectivity index (χ4n) is 15.0. The van der Waals surface area contributed by atoms with Gasteiger partial charge in [-0.15, -0.1) is 0 Å². The number of nitrogens with one attached hydrogen (secondary N) is 2. The number of amides is 2. The van der Waals surface area contributed by atoms with E-state index in [2.05, 4.69) is 10.6 Å². The van der Waals surface area contributed by atoms with Crippen LogP contribution in [0.2, 0.25) is 0 Å². The minimum absolute atomic E-state index is 0.829. The molecule has 0 aromatic carbocycles. The summed E-state index contributed by atoms with van der Waals surface area (Å²) in [5, 5.41) is 326. The molecule has 10 fully saturated rings. The highest BCUT2D eigenvalue weighted by Gasteiger charge is 2.62. The van der Waals surface area contributed by atoms with E-state index in [-0.39, 0.29) is 0 Å². The second-order valence-corrected chi connectivity index (χ2v) is 29.5. The monoisotopic (exact) mass is 1700 g/mol. The van der Waals surface area contributed by atoms with E-state index in [9.17, 15) is 158 Å². The molecule has 0 aromatic heterocycles. The van der Waals surface area contributed by atoms with Crippen molar-refractivity contribution in [1.82, 2.24) is 10.6 Å². The smallest absolute Gasteiger partial charge is 0.217 e. The normalized spacial score (nSPS) is 51.8. The summed E-state index contributed by atoms with van der Waals surface area (Å²) < 4.78 is 111. The van der Waals surface area contributed by atoms with Crippen molar-refractivity contribution in [3.05, 3.63) is 0 Å². The maximum absolute atomic E-state index is 13.1. The van der Waals surface area contributed by atoms with Gasteiger partial charge in [-0.25, -0.2) is 0 Å². The van der Waals surface area contributed by atoms with Gasteiger partial charge in [0.15, 0.2) is 62.9 Å². The number of aliphatic hydroxyl groups is 29. The van der Waals surface area contributed by atoms with Crippen molar-refractivity contribution >= 4 is 11.8 Å². The Morgan fingerprint density at radius 2 is 0.517 bits per heavy atom. The molecule has 0 aromatic rings. The first-order valence-corrected chi connectivity index (χ1v) is 37.0. The molecule has 2 amide bonds. The van der Waals surface area contributed by atoms with E-state index >= 15 is 0 Å². The molecule has 0 saturated carbocycles. The number of carbonyl (C=O) groups excluding carboxylic acids is 2. The van der Waals surface area contributed by atoms with Gasteiger partial charge in [0.1, 0.15) is 238 Å². The molecule has 10 saturated heterocycles. The molecule has 1 unspecified atom stereocenters. The topological polar surface area (TPSA) is 820 Å². The average Bonchev–Trinajstić information content (AvgIpc) is 0.764. The SMILES string of the molecule is CC(=O)N[C@H]1[C@H](O[C@H]2[C@H](O)[C@@H](NC(C)=O)C(O)O[C@@H]2CO[C@@H]2O[C@@H](C)[C@@H](O)[C@@H](O)[C@@H]2O)O[C@H](CO)[C@@H](O[C@@H]2O[C@H](CO[C@H]3O[C@H](CO)[C@@H](O)[C@H](O)[C@@H]3O)[C@@H](O)[C@H](O[C@H]3O[C@H](CO)[C@@H](O)[C@H](O)[C@@H]3O[C@H]3O[C@H](CO)[C@@H](O)[C@H](O)[C@@H]3O[C@H]3O[C@H](CO)[C@@H](O)[C@H](O[C@H]4O[C@H](CO)[C@@H](O)[C@H](O[C@H]5O[C@H](CO)[C@@H](O)[C@H](O)[C@H]5O)[C@H]4O)[C@@H]3O)[C@@H]2O)[C@@H]1O. The lowest BCUT2D eigenvalue weighted by Crippen LogP contribution is -2.70. The summed E-state index contributed by atoms with van der Waals surface area (Å²) in [6.07, 6.45) is -101. The van der Waals surface area contributed by atoms with Crippen molar-refractivity contribution in [3.63, 3.8) is 0 Å². The van der Waals surface area contributed by atoms with Gasteiger partial charge >= 0.3 is 0 Å². The molecular weight excluding hydrogens is 1600 g/mol. The molecule has 10 rings (SSSR count). The summed E-state index contributed by atoms with van der Waals surface area (Å²) in [5.41, 5.74) is 0. The van der Waals surface area contributed by atoms with Gasteiger partial charge in [0.05, 0.1) is 65.6 Å². The number of aliphatic hydroxyl groups excluding tert-OH is 29. The molecule has 52 nitrogen and oxygen atoms in total. The van der Waals surface area contributed by atoms with Crippen LogP contribution in [0.4, 0.5) is 0 Å². The lowest BCUT2D eigenvalue weighted by Gasteiger charge is -2.51. The van der Waals surface area contributed by atoms with E-state index in [1.165, 1.54) is 6.92 Å². The van der Waals surface area contributed by atoms with Crippen LogP contribution in [0.15, 0.2) is 0 Å². The number of hydrogen-bond acceptors (Lipinski definition) is 50. The maximum Gasteiger partial charge on any atom is 0.217 e. The number of hydrogen-bond donors (Lipinski definition) is 31. The van der Waals surface area contributed by atoms with Crippen molar-refractivity contribution < 1.29 is 248 Å². The van der Waals surface area contributed by atoms with Gasteiger partial charge in [-0.3, -0.25) is 9.59 Å². The van der Waals surface area contributed by atoms with Gasteiger partial charge < -0.3 is 249 Å². The highest BCUT2D eigenvalue weighted by Crippen LogP contribution is 2.41. The fraction of sp³-hybridized carbons (Fsp3) is 0.969. The fourth-order valence-corrected chi connectivity index (χ4v) is 15.0. The van der Waals surface area contributed by atoms with E-state index < -0.39 is 378 Å². The zero-order valence-corrected chi connectivity index (χ0v) is 61.8. The van der Waals surface area contributed by atoms with Crippen LogP contribution in [0.25, 0.3) is 0 Å². The number of ether oxygens (including phenoxy) is 19. The van der Waals surface area contributed by atoms with Crippen LogP contribution < -0.4 is 10.6 Å². The Bertz CT molecular complexity index is 3030. The second kappa shape index (κ2) is 41.2. The third-order valence-electron chi connectivity index (χ3n) is 21.6. The standard InChI is InChI=1S/C64H108N2O50/c1-13-27(76)37(86)42(91)57(100-13)99-12-24-49(35(84)25(55(97)101-24)65-14(2)74)110-56-26(66-15(3)75)36(85)48(22(10-73)108-56)111-62-47(96)52(34(83)23(109-62)11-98-58-43(92)38(87)28(77)16(4-67)102-58)114-63-54(41(90)31(80)18(6-69)106-63)116-64-53(40(89)30(79)19(7-70)107-64)115-61-46(95)51(33(82)21(9-72)105-61)113-60-45(94)50(32(81)20(8-71)104-60)112-59-44(93)39(88)29(78)17(5-68)103-59/h13,16-64,67-73,76-97H,4-12H2,1-3H3,(H,65,74)(H,66,75)/t13-,16+,17+,18+,19+,20+,21+,22+,23+,24+,25+,26+,27+,28+,29+,30+,31+,32+,33+,34+,35+,36+,37+,38-,39-,40-,41-,42-,43-,44+,45+,46-,47-,48+,49+,50-,51-,52-,53-,54-,55?,56-,57+,58-,59+,60+,61+,62-,63+,64+/m0/s1. The van der Waals surface area contributed by atoms with E-state index in [1.54, 1.807) is 0 Å². The average molecular weight is 1710 g/mol. The van der Waals surface area contributed by atoms with E-state index in [4.69, 9.17) is 90.0 Å². The highest BCUT2D eigenvalue weighted by molar-refractivity contribution is 5.73. The first-order valence-electron chi connectivity index (χ1n) is 37.0. The number of rotatable bonds is 29. The molecule has 10 aliphatic heterocycles. The largest absolute Gasteiger partial charge is 0.394 e. The predicted octanol–water partition coefficient (Wildman–Crippen LogP) is -21.5. The van der Waals surface area contributed by atoms with Crippen LogP contribution in [-0.4, -0.2) is 526 Å². The van der Waals surface area contributed by atoms with Crippen LogP contribution in [0.1, 0.15) is 20.8 Å². The van der Waals surface area contributed by atoms with Gasteiger partial charge in [-0.2, -0.15) is 0 Å². The lowest BCUT2D eigenvalue weighted by molar-refractivity contribution is -0.412. The summed E-state index contributed by atoms with van der Waals surface area (Å²) in [5.74, 6) is -1.80. The zero-order chi connectivity index (χ0) is 85.2. The minimum Gasteiger partial charge on any atom is -0.394 e. The first kappa shape index (κ1) is 95.3. The Hall–Kier alpha value is -2.98. The molecule has 0 aliphatic carbocycles. The minimum atomic E-state index is -2.58. The molecule has 0 bridgehead atoms. The Labute approximate surface area is 655 Å². The van der Waals surface area contributed by atoms with E-state index in [0.717, 1.165) is 13.8 Å². The Balaban J connectivity index is 0.929. The van der Waals surface area contributed by atoms with Crippen LogP contribution in [-0.2, 0) is 99.6 Å². The summed E-state index contributed by atoms with van der Waals surface area (Å²) >= 11 is 0. The lowest BCUT2D eigenvalue weighted by atomic mass is 9.93. The van der Waals surface area contributed by atoms with Crippen molar-refractivity contribution in [1.29, 1.82) is 0 Å². The van der Waals surface area contributed by atoms with Crippen molar-refractivity contribution in [2.45, 2.75) is 328 Å². The van der Waals surface area contributed by atoms with Gasteiger partial charge in [0, 0.05) is 13.8 Å². The highest BCUT2D eigenvalue weighted by atomic mass is 16.8.